The second-order valence-electron chi connectivity index (χ2n) is 6.43. The topological polar surface area (TPSA) is 45.5 Å². The van der Waals surface area contributed by atoms with Crippen LogP contribution in [0.5, 0.6) is 0 Å². The standard InChI is InChI=1S/C18H24N2O2S/c1-14-5-2-6-15(11-14)19-18(21)20(12-16-7-3-9-22-16)13-17-8-4-10-23-17/h3-4,7-10,14-15H,2,5-6,11-13H2,1H3,(H,19,21). The molecule has 1 saturated carbocycles. The lowest BCUT2D eigenvalue weighted by Crippen LogP contribution is -2.45. The number of nitrogens with zero attached hydrogens (tertiary/aromatic N) is 1. The van der Waals surface area contributed by atoms with Gasteiger partial charge in [-0.3, -0.25) is 0 Å². The maximum absolute atomic E-state index is 12.7. The summed E-state index contributed by atoms with van der Waals surface area (Å²) in [5, 5.41) is 5.27. The first-order chi connectivity index (χ1) is 11.2. The summed E-state index contributed by atoms with van der Waals surface area (Å²) in [5.41, 5.74) is 0. The first kappa shape index (κ1) is 16.1. The molecular weight excluding hydrogens is 308 g/mol. The predicted octanol–water partition coefficient (Wildman–Crippen LogP) is 4.63. The number of hydrogen-bond acceptors (Lipinski definition) is 3. The van der Waals surface area contributed by atoms with Gasteiger partial charge in [0.15, 0.2) is 0 Å². The molecule has 2 aromatic rings. The minimum absolute atomic E-state index is 0.00824. The van der Waals surface area contributed by atoms with Crippen LogP contribution in [0.2, 0.25) is 0 Å². The Morgan fingerprint density at radius 1 is 1.35 bits per heavy atom. The van der Waals surface area contributed by atoms with Gasteiger partial charge in [0.2, 0.25) is 0 Å². The highest BCUT2D eigenvalue weighted by Gasteiger charge is 2.23. The molecule has 0 bridgehead atoms. The van der Waals surface area contributed by atoms with Gasteiger partial charge in [0.25, 0.3) is 0 Å². The number of rotatable bonds is 5. The van der Waals surface area contributed by atoms with Gasteiger partial charge in [0, 0.05) is 10.9 Å². The van der Waals surface area contributed by atoms with Crippen molar-refractivity contribution in [3.8, 4) is 0 Å². The zero-order chi connectivity index (χ0) is 16.1. The van der Waals surface area contributed by atoms with Crippen molar-refractivity contribution < 1.29 is 9.21 Å². The molecule has 2 aromatic heterocycles. The number of amides is 2. The fraction of sp³-hybridized carbons (Fsp3) is 0.500. The fourth-order valence-corrected chi connectivity index (χ4v) is 3.93. The van der Waals surface area contributed by atoms with E-state index in [4.69, 9.17) is 4.42 Å². The molecule has 23 heavy (non-hydrogen) atoms. The van der Waals surface area contributed by atoms with E-state index < -0.39 is 0 Å². The number of nitrogens with one attached hydrogen (secondary N) is 1. The van der Waals surface area contributed by atoms with Crippen LogP contribution in [-0.4, -0.2) is 17.0 Å². The minimum atomic E-state index is 0.00824. The molecule has 1 aliphatic rings. The maximum atomic E-state index is 12.7. The second kappa shape index (κ2) is 7.68. The molecular formula is C18H24N2O2S. The fourth-order valence-electron chi connectivity index (χ4n) is 3.21. The lowest BCUT2D eigenvalue weighted by atomic mass is 9.87. The summed E-state index contributed by atoms with van der Waals surface area (Å²) in [6.07, 6.45) is 6.30. The molecule has 2 amide bonds. The van der Waals surface area contributed by atoms with Crippen LogP contribution < -0.4 is 5.32 Å². The third-order valence-corrected chi connectivity index (χ3v) is 5.27. The van der Waals surface area contributed by atoms with Crippen LogP contribution in [0, 0.1) is 5.92 Å². The van der Waals surface area contributed by atoms with E-state index in [1.165, 1.54) is 17.7 Å². The molecule has 0 aliphatic heterocycles. The van der Waals surface area contributed by atoms with Gasteiger partial charge >= 0.3 is 6.03 Å². The van der Waals surface area contributed by atoms with E-state index in [0.29, 0.717) is 25.0 Å². The average molecular weight is 332 g/mol. The van der Waals surface area contributed by atoms with Crippen molar-refractivity contribution in [2.24, 2.45) is 5.92 Å². The summed E-state index contributed by atoms with van der Waals surface area (Å²) >= 11 is 1.68. The first-order valence-electron chi connectivity index (χ1n) is 8.31. The second-order valence-corrected chi connectivity index (χ2v) is 7.47. The molecule has 2 heterocycles. The lowest BCUT2D eigenvalue weighted by Gasteiger charge is -2.30. The Hall–Kier alpha value is -1.75. The third-order valence-electron chi connectivity index (χ3n) is 4.40. The Bertz CT molecular complexity index is 558. The minimum Gasteiger partial charge on any atom is -0.467 e. The molecule has 2 unspecified atom stereocenters. The number of hydrogen-bond donors (Lipinski definition) is 1. The Morgan fingerprint density at radius 2 is 2.26 bits per heavy atom. The van der Waals surface area contributed by atoms with Gasteiger partial charge in [-0.2, -0.15) is 0 Å². The number of furan rings is 1. The van der Waals surface area contributed by atoms with E-state index in [1.54, 1.807) is 17.6 Å². The van der Waals surface area contributed by atoms with Gasteiger partial charge in [-0.15, -0.1) is 11.3 Å². The van der Waals surface area contributed by atoms with E-state index in [2.05, 4.69) is 18.3 Å². The van der Waals surface area contributed by atoms with Crippen LogP contribution in [0.4, 0.5) is 4.79 Å². The number of carbonyl (C=O) groups excluding carboxylic acids is 1. The Morgan fingerprint density at radius 3 is 2.96 bits per heavy atom. The van der Waals surface area contributed by atoms with Crippen LogP contribution >= 0.6 is 11.3 Å². The summed E-state index contributed by atoms with van der Waals surface area (Å²) in [6, 6.07) is 8.17. The largest absolute Gasteiger partial charge is 0.467 e. The van der Waals surface area contributed by atoms with Gasteiger partial charge in [-0.1, -0.05) is 25.8 Å². The van der Waals surface area contributed by atoms with Gasteiger partial charge in [0.1, 0.15) is 5.76 Å². The molecule has 1 aliphatic carbocycles. The van der Waals surface area contributed by atoms with Crippen LogP contribution in [-0.2, 0) is 13.1 Å². The van der Waals surface area contributed by atoms with Crippen molar-refractivity contribution in [1.82, 2.24) is 10.2 Å². The molecule has 3 rings (SSSR count). The van der Waals surface area contributed by atoms with Crippen LogP contribution in [0.3, 0.4) is 0 Å². The summed E-state index contributed by atoms with van der Waals surface area (Å²) in [7, 11) is 0. The van der Waals surface area contributed by atoms with Gasteiger partial charge in [-0.25, -0.2) is 4.79 Å². The normalized spacial score (nSPS) is 21.1. The van der Waals surface area contributed by atoms with Crippen molar-refractivity contribution in [3.63, 3.8) is 0 Å². The van der Waals surface area contributed by atoms with Crippen molar-refractivity contribution >= 4 is 17.4 Å². The summed E-state index contributed by atoms with van der Waals surface area (Å²) in [6.45, 7) is 3.38. The van der Waals surface area contributed by atoms with Gasteiger partial charge < -0.3 is 14.6 Å². The van der Waals surface area contributed by atoms with Crippen LogP contribution in [0.15, 0.2) is 40.3 Å². The number of thiophene rings is 1. The Labute approximate surface area is 141 Å². The molecule has 1 N–H and O–H groups in total. The van der Waals surface area contributed by atoms with E-state index >= 15 is 0 Å². The number of carbonyl (C=O) groups is 1. The predicted molar refractivity (Wildman–Crippen MR) is 92.2 cm³/mol. The smallest absolute Gasteiger partial charge is 0.318 e. The van der Waals surface area contributed by atoms with Crippen LogP contribution in [0.1, 0.15) is 43.2 Å². The number of urea groups is 1. The van der Waals surface area contributed by atoms with Gasteiger partial charge in [0.05, 0.1) is 19.4 Å². The molecule has 124 valence electrons. The zero-order valence-corrected chi connectivity index (χ0v) is 14.3. The van der Waals surface area contributed by atoms with E-state index in [1.807, 2.05) is 28.5 Å². The summed E-state index contributed by atoms with van der Waals surface area (Å²) in [4.78, 5) is 15.8. The molecule has 2 atom stereocenters. The monoisotopic (exact) mass is 332 g/mol. The van der Waals surface area contributed by atoms with Crippen molar-refractivity contribution in [3.05, 3.63) is 46.5 Å². The van der Waals surface area contributed by atoms with Crippen molar-refractivity contribution in [2.75, 3.05) is 0 Å². The van der Waals surface area contributed by atoms with E-state index in [-0.39, 0.29) is 6.03 Å². The molecule has 0 aromatic carbocycles. The molecule has 4 nitrogen and oxygen atoms in total. The highest BCUT2D eigenvalue weighted by atomic mass is 32.1. The Kier molecular flexibility index (Phi) is 5.39. The third kappa shape index (κ3) is 4.61. The van der Waals surface area contributed by atoms with Crippen molar-refractivity contribution in [1.29, 1.82) is 0 Å². The van der Waals surface area contributed by atoms with E-state index in [0.717, 1.165) is 18.6 Å². The summed E-state index contributed by atoms with van der Waals surface area (Å²) < 4.78 is 5.42. The summed E-state index contributed by atoms with van der Waals surface area (Å²) in [5.74, 6) is 1.51. The molecule has 1 fully saturated rings. The zero-order valence-electron chi connectivity index (χ0n) is 13.5. The molecule has 0 spiro atoms. The average Bonchev–Trinajstić information content (AvgIpc) is 3.20. The van der Waals surface area contributed by atoms with E-state index in [9.17, 15) is 4.79 Å². The molecule has 5 heteroatoms. The molecule has 0 radical (unpaired) electrons. The Balaban J connectivity index is 1.64. The lowest BCUT2D eigenvalue weighted by molar-refractivity contribution is 0.177. The maximum Gasteiger partial charge on any atom is 0.318 e. The van der Waals surface area contributed by atoms with Crippen LogP contribution in [0.25, 0.3) is 0 Å². The first-order valence-corrected chi connectivity index (χ1v) is 9.19. The molecule has 0 saturated heterocycles. The SMILES string of the molecule is CC1CCCC(NC(=O)N(Cc2ccco2)Cc2cccs2)C1. The van der Waals surface area contributed by atoms with Gasteiger partial charge in [-0.05, 0) is 42.3 Å². The quantitative estimate of drug-likeness (QED) is 0.867. The highest BCUT2D eigenvalue weighted by molar-refractivity contribution is 7.09. The van der Waals surface area contributed by atoms with Crippen molar-refractivity contribution in [2.45, 2.75) is 51.7 Å². The highest BCUT2D eigenvalue weighted by Crippen LogP contribution is 2.24.